The Morgan fingerprint density at radius 2 is 1.65 bits per heavy atom. The number of benzene rings is 2. The van der Waals surface area contributed by atoms with Gasteiger partial charge in [0.05, 0.1) is 0 Å². The second-order valence-electron chi connectivity index (χ2n) is 5.79. The van der Waals surface area contributed by atoms with Crippen molar-refractivity contribution in [3.05, 3.63) is 71.8 Å². The molecule has 0 amide bonds. The molecule has 0 fully saturated rings. The summed E-state index contributed by atoms with van der Waals surface area (Å²) in [5.74, 6) is -2.16. The van der Waals surface area contributed by atoms with Crippen LogP contribution >= 0.6 is 0 Å². The van der Waals surface area contributed by atoms with Crippen LogP contribution in [0.2, 0.25) is 0 Å². The molecular formula is C20H21NO5. The third-order valence-corrected chi connectivity index (χ3v) is 3.73. The highest BCUT2D eigenvalue weighted by Gasteiger charge is 2.26. The van der Waals surface area contributed by atoms with Crippen molar-refractivity contribution in [3.8, 4) is 5.75 Å². The zero-order chi connectivity index (χ0) is 18.9. The van der Waals surface area contributed by atoms with Gasteiger partial charge in [-0.2, -0.15) is 0 Å². The van der Waals surface area contributed by atoms with E-state index in [0.29, 0.717) is 5.75 Å². The average Bonchev–Trinajstić information content (AvgIpc) is 2.63. The number of carboxylic acids is 2. The van der Waals surface area contributed by atoms with E-state index in [9.17, 15) is 9.59 Å². The first-order valence-electron chi connectivity index (χ1n) is 8.14. The molecule has 136 valence electrons. The third-order valence-electron chi connectivity index (χ3n) is 3.73. The molecule has 2 aromatic carbocycles. The predicted octanol–water partition coefficient (Wildman–Crippen LogP) is 2.58. The molecule has 0 aliphatic heterocycles. The standard InChI is InChI=1S/C20H21NO5/c21-17(19(22)23)13-18(20(24)25)26-16-11-9-15(10-12-16)8-4-7-14-5-2-1-3-6-14/h1-7,9-12,17-18H,8,13,21H2,(H,22,23)(H,24,25)/t17-,18?/m0/s1. The Labute approximate surface area is 151 Å². The second-order valence-corrected chi connectivity index (χ2v) is 5.79. The molecule has 2 atom stereocenters. The maximum Gasteiger partial charge on any atom is 0.344 e. The van der Waals surface area contributed by atoms with Crippen LogP contribution in [0.25, 0.3) is 6.08 Å². The van der Waals surface area contributed by atoms with Gasteiger partial charge in [0.15, 0.2) is 6.10 Å². The Kier molecular flexibility index (Phi) is 6.93. The van der Waals surface area contributed by atoms with Gasteiger partial charge in [0.2, 0.25) is 0 Å². The highest BCUT2D eigenvalue weighted by molar-refractivity contribution is 5.77. The molecule has 26 heavy (non-hydrogen) atoms. The first kappa shape index (κ1) is 19.2. The van der Waals surface area contributed by atoms with Crippen LogP contribution in [0.5, 0.6) is 5.75 Å². The molecule has 4 N–H and O–H groups in total. The zero-order valence-corrected chi connectivity index (χ0v) is 14.1. The molecule has 0 spiro atoms. The van der Waals surface area contributed by atoms with Crippen LogP contribution in [0.4, 0.5) is 0 Å². The lowest BCUT2D eigenvalue weighted by Gasteiger charge is -2.17. The van der Waals surface area contributed by atoms with Crippen molar-refractivity contribution in [3.63, 3.8) is 0 Å². The largest absolute Gasteiger partial charge is 0.480 e. The Hall–Kier alpha value is -3.12. The van der Waals surface area contributed by atoms with Crippen molar-refractivity contribution in [1.29, 1.82) is 0 Å². The van der Waals surface area contributed by atoms with E-state index in [1.165, 1.54) is 0 Å². The molecule has 0 heterocycles. The van der Waals surface area contributed by atoms with E-state index in [0.717, 1.165) is 17.5 Å². The zero-order valence-electron chi connectivity index (χ0n) is 14.1. The minimum atomic E-state index is -1.31. The second kappa shape index (κ2) is 9.39. The summed E-state index contributed by atoms with van der Waals surface area (Å²) in [5, 5.41) is 18.0. The SMILES string of the molecule is N[C@@H](CC(Oc1ccc(CC=Cc2ccccc2)cc1)C(=O)O)C(=O)O. The van der Waals surface area contributed by atoms with Gasteiger partial charge < -0.3 is 20.7 Å². The molecule has 1 unspecified atom stereocenters. The van der Waals surface area contributed by atoms with Crippen LogP contribution in [0.3, 0.4) is 0 Å². The van der Waals surface area contributed by atoms with Crippen molar-refractivity contribution in [2.45, 2.75) is 25.0 Å². The van der Waals surface area contributed by atoms with Crippen molar-refractivity contribution < 1.29 is 24.5 Å². The lowest BCUT2D eigenvalue weighted by molar-refractivity contribution is -0.146. The van der Waals surface area contributed by atoms with Crippen molar-refractivity contribution in [2.24, 2.45) is 5.73 Å². The monoisotopic (exact) mass is 355 g/mol. The summed E-state index contributed by atoms with van der Waals surface area (Å²) < 4.78 is 5.36. The van der Waals surface area contributed by atoms with Gasteiger partial charge in [-0.25, -0.2) is 4.79 Å². The first-order valence-corrected chi connectivity index (χ1v) is 8.14. The summed E-state index contributed by atoms with van der Waals surface area (Å²) in [6.07, 6.45) is 3.16. The lowest BCUT2D eigenvalue weighted by atomic mass is 10.1. The number of nitrogens with two attached hydrogens (primary N) is 1. The van der Waals surface area contributed by atoms with Crippen LogP contribution in [-0.2, 0) is 16.0 Å². The number of rotatable bonds is 9. The fourth-order valence-electron chi connectivity index (χ4n) is 2.29. The number of carboxylic acid groups (broad SMARTS) is 2. The van der Waals surface area contributed by atoms with Crippen LogP contribution < -0.4 is 10.5 Å². The Morgan fingerprint density at radius 1 is 1.00 bits per heavy atom. The van der Waals surface area contributed by atoms with Crippen LogP contribution in [-0.4, -0.2) is 34.3 Å². The third kappa shape index (κ3) is 6.07. The molecule has 0 radical (unpaired) electrons. The van der Waals surface area contributed by atoms with Gasteiger partial charge in [-0.3, -0.25) is 4.79 Å². The number of hydrogen-bond donors (Lipinski definition) is 3. The molecule has 2 aromatic rings. The summed E-state index contributed by atoms with van der Waals surface area (Å²) >= 11 is 0. The maximum absolute atomic E-state index is 11.2. The fourth-order valence-corrected chi connectivity index (χ4v) is 2.29. The first-order chi connectivity index (χ1) is 12.5. The van der Waals surface area contributed by atoms with Gasteiger partial charge in [-0.05, 0) is 29.7 Å². The van der Waals surface area contributed by atoms with E-state index in [1.807, 2.05) is 54.6 Å². The molecule has 0 aliphatic carbocycles. The molecular weight excluding hydrogens is 334 g/mol. The van der Waals surface area contributed by atoms with Gasteiger partial charge in [0, 0.05) is 6.42 Å². The molecule has 0 aliphatic rings. The summed E-state index contributed by atoms with van der Waals surface area (Å²) in [7, 11) is 0. The van der Waals surface area contributed by atoms with Gasteiger partial charge >= 0.3 is 11.9 Å². The molecule has 6 nitrogen and oxygen atoms in total. The highest BCUT2D eigenvalue weighted by Crippen LogP contribution is 2.17. The maximum atomic E-state index is 11.2. The molecule has 0 saturated carbocycles. The van der Waals surface area contributed by atoms with Crippen LogP contribution in [0.15, 0.2) is 60.7 Å². The number of ether oxygens (including phenoxy) is 1. The Morgan fingerprint density at radius 3 is 2.23 bits per heavy atom. The van der Waals surface area contributed by atoms with E-state index in [2.05, 4.69) is 0 Å². The molecule has 0 bridgehead atoms. The predicted molar refractivity (Wildman–Crippen MR) is 97.9 cm³/mol. The average molecular weight is 355 g/mol. The fraction of sp³-hybridized carbons (Fsp3) is 0.200. The minimum Gasteiger partial charge on any atom is -0.480 e. The van der Waals surface area contributed by atoms with Gasteiger partial charge in [0.25, 0.3) is 0 Å². The van der Waals surface area contributed by atoms with E-state index >= 15 is 0 Å². The number of allylic oxidation sites excluding steroid dienone is 1. The normalized spacial score (nSPS) is 13.3. The Bertz CT molecular complexity index is 756. The van der Waals surface area contributed by atoms with Crippen molar-refractivity contribution in [2.75, 3.05) is 0 Å². The quantitative estimate of drug-likeness (QED) is 0.638. The van der Waals surface area contributed by atoms with Crippen molar-refractivity contribution >= 4 is 18.0 Å². The van der Waals surface area contributed by atoms with Gasteiger partial charge in [-0.15, -0.1) is 0 Å². The summed E-state index contributed by atoms with van der Waals surface area (Å²) in [6, 6.07) is 15.6. The number of aliphatic carboxylic acids is 2. The van der Waals surface area contributed by atoms with Crippen LogP contribution in [0.1, 0.15) is 17.5 Å². The van der Waals surface area contributed by atoms with Crippen LogP contribution in [0, 0.1) is 0 Å². The van der Waals surface area contributed by atoms with Gasteiger partial charge in [0.1, 0.15) is 11.8 Å². The van der Waals surface area contributed by atoms with E-state index < -0.39 is 24.1 Å². The van der Waals surface area contributed by atoms with Gasteiger partial charge in [-0.1, -0.05) is 54.6 Å². The molecule has 0 saturated heterocycles. The highest BCUT2D eigenvalue weighted by atomic mass is 16.5. The minimum absolute atomic E-state index is 0.313. The molecule has 0 aromatic heterocycles. The van der Waals surface area contributed by atoms with Crippen molar-refractivity contribution in [1.82, 2.24) is 0 Å². The summed E-state index contributed by atoms with van der Waals surface area (Å²) in [4.78, 5) is 22.0. The van der Waals surface area contributed by atoms with E-state index in [1.54, 1.807) is 12.1 Å². The number of carbonyl (C=O) groups is 2. The molecule has 6 heteroatoms. The van der Waals surface area contributed by atoms with E-state index in [4.69, 9.17) is 20.7 Å². The smallest absolute Gasteiger partial charge is 0.344 e. The topological polar surface area (TPSA) is 110 Å². The summed E-state index contributed by atoms with van der Waals surface area (Å²) in [5.41, 5.74) is 7.54. The van der Waals surface area contributed by atoms with E-state index in [-0.39, 0.29) is 6.42 Å². The number of hydrogen-bond acceptors (Lipinski definition) is 4. The molecule has 2 rings (SSSR count). The Balaban J connectivity index is 1.94. The lowest BCUT2D eigenvalue weighted by Crippen LogP contribution is -2.39. The summed E-state index contributed by atoms with van der Waals surface area (Å²) in [6.45, 7) is 0.